The van der Waals surface area contributed by atoms with Crippen LogP contribution in [0.15, 0.2) is 24.3 Å². The van der Waals surface area contributed by atoms with Gasteiger partial charge in [-0.1, -0.05) is 6.92 Å². The van der Waals surface area contributed by atoms with Gasteiger partial charge in [0.1, 0.15) is 5.75 Å². The predicted molar refractivity (Wildman–Crippen MR) is 75.7 cm³/mol. The van der Waals surface area contributed by atoms with Crippen molar-refractivity contribution >= 4 is 11.7 Å². The molecule has 0 atom stereocenters. The Balaban J connectivity index is 1.96. The number of carbonyl (C=O) groups excluding carboxylic acids is 1. The number of benzene rings is 1. The van der Waals surface area contributed by atoms with Gasteiger partial charge in [0.15, 0.2) is 0 Å². The lowest BCUT2D eigenvalue weighted by Crippen LogP contribution is -2.59. The Labute approximate surface area is 113 Å². The van der Waals surface area contributed by atoms with Crippen molar-refractivity contribution in [3.63, 3.8) is 0 Å². The number of carbonyl (C=O) groups is 1. The Morgan fingerprint density at radius 1 is 1.42 bits per heavy atom. The zero-order valence-corrected chi connectivity index (χ0v) is 11.5. The van der Waals surface area contributed by atoms with Crippen LogP contribution in [0.2, 0.25) is 0 Å². The second kappa shape index (κ2) is 6.43. The molecule has 1 aliphatic rings. The summed E-state index contributed by atoms with van der Waals surface area (Å²) in [7, 11) is 1.63. The lowest BCUT2D eigenvalue weighted by Gasteiger charge is -2.38. The highest BCUT2D eigenvalue weighted by atomic mass is 16.5. The van der Waals surface area contributed by atoms with Crippen LogP contribution in [0.1, 0.15) is 13.3 Å². The predicted octanol–water partition coefficient (Wildman–Crippen LogP) is 1.91. The molecule has 0 unspecified atom stereocenters. The monoisotopic (exact) mass is 263 g/mol. The molecule has 2 N–H and O–H groups in total. The fourth-order valence-corrected chi connectivity index (χ4v) is 2.05. The maximum Gasteiger partial charge on any atom is 0.322 e. The number of amides is 2. The Morgan fingerprint density at radius 2 is 2.11 bits per heavy atom. The summed E-state index contributed by atoms with van der Waals surface area (Å²) in [4.78, 5) is 14.2. The van der Waals surface area contributed by atoms with Crippen LogP contribution in [0.4, 0.5) is 10.5 Å². The lowest BCUT2D eigenvalue weighted by atomic mass is 10.1. The van der Waals surface area contributed by atoms with E-state index in [1.54, 1.807) is 7.11 Å². The van der Waals surface area contributed by atoms with E-state index in [-0.39, 0.29) is 6.03 Å². The number of hydrogen-bond acceptors (Lipinski definition) is 3. The maximum atomic E-state index is 12.2. The van der Waals surface area contributed by atoms with E-state index < -0.39 is 0 Å². The van der Waals surface area contributed by atoms with Crippen molar-refractivity contribution in [2.75, 3.05) is 32.1 Å². The Bertz CT molecular complexity index is 415. The van der Waals surface area contributed by atoms with Gasteiger partial charge >= 0.3 is 6.03 Å². The van der Waals surface area contributed by atoms with Gasteiger partial charge in [-0.15, -0.1) is 0 Å². The van der Waals surface area contributed by atoms with Crippen molar-refractivity contribution in [1.29, 1.82) is 0 Å². The van der Waals surface area contributed by atoms with E-state index >= 15 is 0 Å². The molecule has 5 heteroatoms. The van der Waals surface area contributed by atoms with Crippen molar-refractivity contribution in [3.05, 3.63) is 24.3 Å². The summed E-state index contributed by atoms with van der Waals surface area (Å²) in [5.41, 5.74) is 0.791. The third-order valence-corrected chi connectivity index (χ3v) is 3.27. The van der Waals surface area contributed by atoms with Crippen LogP contribution in [-0.2, 0) is 0 Å². The molecule has 0 aliphatic carbocycles. The fraction of sp³-hybridized carbons (Fsp3) is 0.500. The molecule has 1 aromatic carbocycles. The number of anilines is 1. The first-order chi connectivity index (χ1) is 9.24. The van der Waals surface area contributed by atoms with Crippen molar-refractivity contribution in [2.24, 2.45) is 0 Å². The first-order valence-corrected chi connectivity index (χ1v) is 6.67. The molecule has 2 amide bonds. The molecule has 1 heterocycles. The van der Waals surface area contributed by atoms with Gasteiger partial charge in [0.2, 0.25) is 0 Å². The fourth-order valence-electron chi connectivity index (χ4n) is 2.05. The lowest BCUT2D eigenvalue weighted by molar-refractivity contribution is 0.161. The second-order valence-electron chi connectivity index (χ2n) is 4.66. The van der Waals surface area contributed by atoms with Crippen molar-refractivity contribution < 1.29 is 9.53 Å². The third kappa shape index (κ3) is 3.38. The number of ether oxygens (including phenoxy) is 1. The summed E-state index contributed by atoms with van der Waals surface area (Å²) >= 11 is 0. The zero-order valence-electron chi connectivity index (χ0n) is 11.5. The first-order valence-electron chi connectivity index (χ1n) is 6.67. The van der Waals surface area contributed by atoms with Crippen LogP contribution < -0.4 is 15.4 Å². The summed E-state index contributed by atoms with van der Waals surface area (Å²) in [6.07, 6.45) is 0.965. The molecular formula is C14H21N3O2. The van der Waals surface area contributed by atoms with Gasteiger partial charge in [-0.25, -0.2) is 4.79 Å². The van der Waals surface area contributed by atoms with Gasteiger partial charge in [0.05, 0.1) is 13.2 Å². The smallest absolute Gasteiger partial charge is 0.322 e. The van der Waals surface area contributed by atoms with Gasteiger partial charge in [-0.2, -0.15) is 0 Å². The number of nitrogens with zero attached hydrogens (tertiary/aromatic N) is 1. The molecule has 1 fully saturated rings. The summed E-state index contributed by atoms with van der Waals surface area (Å²) in [6.45, 7) is 4.64. The molecule has 0 bridgehead atoms. The van der Waals surface area contributed by atoms with E-state index in [4.69, 9.17) is 4.74 Å². The van der Waals surface area contributed by atoms with Crippen LogP contribution in [0, 0.1) is 0 Å². The molecular weight excluding hydrogens is 242 g/mol. The van der Waals surface area contributed by atoms with E-state index in [0.717, 1.165) is 37.5 Å². The molecule has 0 saturated carbocycles. The molecule has 0 spiro atoms. The van der Waals surface area contributed by atoms with Crippen molar-refractivity contribution in [2.45, 2.75) is 19.4 Å². The number of hydrogen-bond donors (Lipinski definition) is 2. The third-order valence-electron chi connectivity index (χ3n) is 3.27. The molecule has 1 aromatic rings. The number of methoxy groups -OCH3 is 1. The Kier molecular flexibility index (Phi) is 4.63. The first kappa shape index (κ1) is 13.7. The summed E-state index contributed by atoms with van der Waals surface area (Å²) < 4.78 is 5.09. The van der Waals surface area contributed by atoms with Gasteiger partial charge in [-0.05, 0) is 30.7 Å². The van der Waals surface area contributed by atoms with Crippen LogP contribution >= 0.6 is 0 Å². The van der Waals surface area contributed by atoms with Crippen molar-refractivity contribution in [3.8, 4) is 5.75 Å². The SMILES string of the molecule is CCCN(C(=O)Nc1ccc(OC)cc1)C1CNC1. The van der Waals surface area contributed by atoms with Gasteiger partial charge < -0.3 is 20.3 Å². The minimum Gasteiger partial charge on any atom is -0.497 e. The quantitative estimate of drug-likeness (QED) is 0.853. The minimum atomic E-state index is -0.0292. The van der Waals surface area contributed by atoms with Crippen LogP contribution in [0.5, 0.6) is 5.75 Å². The summed E-state index contributed by atoms with van der Waals surface area (Å²) in [5, 5.41) is 6.13. The van der Waals surface area contributed by atoms with E-state index in [1.807, 2.05) is 29.2 Å². The Hall–Kier alpha value is -1.75. The van der Waals surface area contributed by atoms with Crippen LogP contribution in [-0.4, -0.2) is 43.7 Å². The van der Waals surface area contributed by atoms with E-state index in [0.29, 0.717) is 6.04 Å². The highest BCUT2D eigenvalue weighted by Gasteiger charge is 2.27. The number of nitrogens with one attached hydrogen (secondary N) is 2. The van der Waals surface area contributed by atoms with Gasteiger partial charge in [0, 0.05) is 25.3 Å². The molecule has 0 radical (unpaired) electrons. The van der Waals surface area contributed by atoms with Crippen molar-refractivity contribution in [1.82, 2.24) is 10.2 Å². The van der Waals surface area contributed by atoms with Crippen LogP contribution in [0.3, 0.4) is 0 Å². The standard InChI is InChI=1S/C14H21N3O2/c1-3-8-17(12-9-15-10-12)14(18)16-11-4-6-13(19-2)7-5-11/h4-7,12,15H,3,8-10H2,1-2H3,(H,16,18). The van der Waals surface area contributed by atoms with E-state index in [2.05, 4.69) is 17.6 Å². The minimum absolute atomic E-state index is 0.0292. The highest BCUT2D eigenvalue weighted by molar-refractivity contribution is 5.89. The summed E-state index contributed by atoms with van der Waals surface area (Å²) in [6, 6.07) is 7.66. The zero-order chi connectivity index (χ0) is 13.7. The molecule has 5 nitrogen and oxygen atoms in total. The van der Waals surface area contributed by atoms with Gasteiger partial charge in [0.25, 0.3) is 0 Å². The van der Waals surface area contributed by atoms with Crippen LogP contribution in [0.25, 0.3) is 0 Å². The second-order valence-corrected chi connectivity index (χ2v) is 4.66. The molecule has 1 aliphatic heterocycles. The maximum absolute atomic E-state index is 12.2. The van der Waals surface area contributed by atoms with Gasteiger partial charge in [-0.3, -0.25) is 0 Å². The molecule has 104 valence electrons. The number of rotatable bonds is 5. The number of urea groups is 1. The van der Waals surface area contributed by atoms with E-state index in [1.165, 1.54) is 0 Å². The average Bonchev–Trinajstić information content (AvgIpc) is 2.37. The highest BCUT2D eigenvalue weighted by Crippen LogP contribution is 2.16. The molecule has 1 saturated heterocycles. The average molecular weight is 263 g/mol. The topological polar surface area (TPSA) is 53.6 Å². The normalized spacial score (nSPS) is 14.6. The molecule has 0 aromatic heterocycles. The Morgan fingerprint density at radius 3 is 2.58 bits per heavy atom. The summed E-state index contributed by atoms with van der Waals surface area (Å²) in [5.74, 6) is 0.784. The molecule has 2 rings (SSSR count). The van der Waals surface area contributed by atoms with E-state index in [9.17, 15) is 4.79 Å². The largest absolute Gasteiger partial charge is 0.497 e. The molecule has 19 heavy (non-hydrogen) atoms.